The van der Waals surface area contributed by atoms with Gasteiger partial charge in [-0.05, 0) is 24.3 Å². The van der Waals surface area contributed by atoms with E-state index >= 15 is 0 Å². The van der Waals surface area contributed by atoms with Gasteiger partial charge < -0.3 is 21.7 Å². The highest BCUT2D eigenvalue weighted by atomic mass is 16.3. The molecule has 0 spiro atoms. The third-order valence-corrected chi connectivity index (χ3v) is 3.23. The lowest BCUT2D eigenvalue weighted by Gasteiger charge is -2.22. The molecule has 2 aromatic rings. The van der Waals surface area contributed by atoms with E-state index in [0.29, 0.717) is 0 Å². The molecule has 0 fully saturated rings. The summed E-state index contributed by atoms with van der Waals surface area (Å²) in [6.07, 6.45) is -0.502. The first-order valence-electron chi connectivity index (χ1n) is 6.54. The Hall–Kier alpha value is -2.70. The summed E-state index contributed by atoms with van der Waals surface area (Å²) in [5.41, 5.74) is 9.52. The summed E-state index contributed by atoms with van der Waals surface area (Å²) in [5.74, 6) is -1.79. The number of phenols is 2. The number of Topliss-reactive ketones (excluding diaryl/α,β-unsaturated/α-hetero) is 2. The lowest BCUT2D eigenvalue weighted by Crippen LogP contribution is -2.57. The van der Waals surface area contributed by atoms with Crippen LogP contribution in [0.15, 0.2) is 48.5 Å². The van der Waals surface area contributed by atoms with Crippen molar-refractivity contribution in [3.63, 3.8) is 0 Å². The Bertz CT molecular complexity index is 726. The predicted molar refractivity (Wildman–Crippen MR) is 80.6 cm³/mol. The van der Waals surface area contributed by atoms with Gasteiger partial charge in [0, 0.05) is 6.42 Å². The number of aromatic hydroxyl groups is 2. The second-order valence-electron chi connectivity index (χ2n) is 5.00. The number of ketones is 2. The number of hydrogen-bond donors (Lipinski definition) is 4. The van der Waals surface area contributed by atoms with Gasteiger partial charge in [0.25, 0.3) is 0 Å². The van der Waals surface area contributed by atoms with Crippen LogP contribution in [0.1, 0.15) is 27.1 Å². The predicted octanol–water partition coefficient (Wildman–Crippen LogP) is 1.17. The molecule has 0 aromatic heterocycles. The number of phenolic OH excluding ortho intramolecular Hbond substituents is 2. The maximum absolute atomic E-state index is 12.3. The normalized spacial score (nSPS) is 11.2. The number of carbonyl (C=O) groups is 2. The van der Waals surface area contributed by atoms with Gasteiger partial charge in [0.2, 0.25) is 5.78 Å². The summed E-state index contributed by atoms with van der Waals surface area (Å²) < 4.78 is 0. The minimum absolute atomic E-state index is 0.0351. The zero-order valence-electron chi connectivity index (χ0n) is 11.7. The van der Waals surface area contributed by atoms with E-state index in [2.05, 4.69) is 0 Å². The molecule has 0 atom stereocenters. The Morgan fingerprint density at radius 2 is 1.32 bits per heavy atom. The average molecular weight is 300 g/mol. The van der Waals surface area contributed by atoms with Gasteiger partial charge >= 0.3 is 0 Å². The molecular weight excluding hydrogens is 284 g/mol. The van der Waals surface area contributed by atoms with Crippen molar-refractivity contribution < 1.29 is 19.8 Å². The van der Waals surface area contributed by atoms with E-state index < -0.39 is 23.7 Å². The molecule has 0 radical (unpaired) electrons. The minimum Gasteiger partial charge on any atom is -0.507 e. The molecule has 0 heterocycles. The molecule has 0 aliphatic rings. The van der Waals surface area contributed by atoms with Crippen molar-refractivity contribution in [3.8, 4) is 11.5 Å². The van der Waals surface area contributed by atoms with Gasteiger partial charge in [-0.25, -0.2) is 0 Å². The molecule has 6 nitrogen and oxygen atoms in total. The zero-order chi connectivity index (χ0) is 16.3. The monoisotopic (exact) mass is 300 g/mol. The van der Waals surface area contributed by atoms with Crippen LogP contribution < -0.4 is 11.5 Å². The highest BCUT2D eigenvalue weighted by Crippen LogP contribution is 2.23. The van der Waals surface area contributed by atoms with E-state index in [1.165, 1.54) is 24.3 Å². The number of rotatable bonds is 5. The molecule has 0 saturated heterocycles. The van der Waals surface area contributed by atoms with Crippen LogP contribution in [0.2, 0.25) is 0 Å². The molecule has 6 N–H and O–H groups in total. The fraction of sp³-hybridized carbons (Fsp3) is 0.125. The van der Waals surface area contributed by atoms with Crippen molar-refractivity contribution in [3.05, 3.63) is 59.7 Å². The number of hydrogen-bond acceptors (Lipinski definition) is 6. The topological polar surface area (TPSA) is 127 Å². The fourth-order valence-corrected chi connectivity index (χ4v) is 2.07. The molecule has 0 aliphatic carbocycles. The van der Waals surface area contributed by atoms with E-state index in [4.69, 9.17) is 11.5 Å². The van der Waals surface area contributed by atoms with Crippen LogP contribution in [0.3, 0.4) is 0 Å². The van der Waals surface area contributed by atoms with E-state index in [1.54, 1.807) is 24.3 Å². The summed E-state index contributed by atoms with van der Waals surface area (Å²) in [5, 5.41) is 19.3. The third kappa shape index (κ3) is 3.13. The van der Waals surface area contributed by atoms with Crippen molar-refractivity contribution in [1.82, 2.24) is 0 Å². The van der Waals surface area contributed by atoms with Crippen molar-refractivity contribution in [2.75, 3.05) is 0 Å². The molecule has 114 valence electrons. The summed E-state index contributed by atoms with van der Waals surface area (Å²) >= 11 is 0. The lowest BCUT2D eigenvalue weighted by atomic mass is 9.91. The molecule has 6 heteroatoms. The summed E-state index contributed by atoms with van der Waals surface area (Å²) in [6, 6.07) is 11.7. The van der Waals surface area contributed by atoms with Crippen molar-refractivity contribution >= 4 is 11.6 Å². The van der Waals surface area contributed by atoms with Gasteiger partial charge in [0.15, 0.2) is 5.78 Å². The average Bonchev–Trinajstić information content (AvgIpc) is 2.47. The Morgan fingerprint density at radius 3 is 1.82 bits per heavy atom. The van der Waals surface area contributed by atoms with Crippen LogP contribution in [0.4, 0.5) is 0 Å². The van der Waals surface area contributed by atoms with Crippen molar-refractivity contribution in [1.29, 1.82) is 0 Å². The van der Waals surface area contributed by atoms with E-state index in [0.717, 1.165) is 0 Å². The standard InChI is InChI=1S/C16H16N2O4/c17-16(18,15(22)11-6-2-4-8-13(11)20)9-14(21)10-5-1-3-7-12(10)19/h1-8,19-20H,9,17-18H2. The van der Waals surface area contributed by atoms with Gasteiger partial charge in [-0.1, -0.05) is 24.3 Å². The van der Waals surface area contributed by atoms with Crippen LogP contribution in [0, 0.1) is 0 Å². The highest BCUT2D eigenvalue weighted by Gasteiger charge is 2.34. The van der Waals surface area contributed by atoms with Gasteiger partial charge in [0.05, 0.1) is 11.1 Å². The van der Waals surface area contributed by atoms with Crippen LogP contribution >= 0.6 is 0 Å². The molecule has 2 aromatic carbocycles. The van der Waals surface area contributed by atoms with Crippen LogP contribution in [0.25, 0.3) is 0 Å². The Morgan fingerprint density at radius 1 is 0.864 bits per heavy atom. The second kappa shape index (κ2) is 5.97. The molecular formula is C16H16N2O4. The van der Waals surface area contributed by atoms with Crippen LogP contribution in [0.5, 0.6) is 11.5 Å². The number of para-hydroxylation sites is 2. The quantitative estimate of drug-likeness (QED) is 0.485. The molecule has 0 saturated carbocycles. The maximum atomic E-state index is 12.3. The van der Waals surface area contributed by atoms with E-state index in [-0.39, 0.29) is 22.6 Å². The smallest absolute Gasteiger partial charge is 0.201 e. The first kappa shape index (κ1) is 15.7. The number of carbonyl (C=O) groups excluding carboxylic acids is 2. The van der Waals surface area contributed by atoms with Gasteiger partial charge in [-0.3, -0.25) is 9.59 Å². The van der Waals surface area contributed by atoms with E-state index in [9.17, 15) is 19.8 Å². The zero-order valence-corrected chi connectivity index (χ0v) is 11.7. The van der Waals surface area contributed by atoms with Gasteiger partial charge in [-0.15, -0.1) is 0 Å². The lowest BCUT2D eigenvalue weighted by molar-refractivity contribution is 0.0821. The first-order chi connectivity index (χ1) is 10.3. The second-order valence-corrected chi connectivity index (χ2v) is 5.00. The summed E-state index contributed by atoms with van der Waals surface area (Å²) in [7, 11) is 0. The SMILES string of the molecule is NC(N)(CC(=O)c1ccccc1O)C(=O)c1ccccc1O. The Kier molecular flexibility index (Phi) is 4.25. The third-order valence-electron chi connectivity index (χ3n) is 3.23. The van der Waals surface area contributed by atoms with Crippen molar-refractivity contribution in [2.45, 2.75) is 12.1 Å². The van der Waals surface area contributed by atoms with Crippen LogP contribution in [-0.2, 0) is 0 Å². The summed E-state index contributed by atoms with van der Waals surface area (Å²) in [6.45, 7) is 0. The fourth-order valence-electron chi connectivity index (χ4n) is 2.07. The van der Waals surface area contributed by atoms with Crippen molar-refractivity contribution in [2.24, 2.45) is 11.5 Å². The summed E-state index contributed by atoms with van der Waals surface area (Å²) in [4.78, 5) is 24.5. The highest BCUT2D eigenvalue weighted by molar-refractivity contribution is 6.09. The first-order valence-corrected chi connectivity index (χ1v) is 6.54. The van der Waals surface area contributed by atoms with E-state index in [1.807, 2.05) is 0 Å². The molecule has 2 rings (SSSR count). The minimum atomic E-state index is -1.99. The largest absolute Gasteiger partial charge is 0.507 e. The molecule has 0 unspecified atom stereocenters. The number of nitrogens with two attached hydrogens (primary N) is 2. The van der Waals surface area contributed by atoms with Gasteiger partial charge in [-0.2, -0.15) is 0 Å². The van der Waals surface area contributed by atoms with Gasteiger partial charge in [0.1, 0.15) is 17.2 Å². The molecule has 0 amide bonds. The Labute approximate surface area is 127 Å². The molecule has 0 bridgehead atoms. The van der Waals surface area contributed by atoms with Crippen LogP contribution in [-0.4, -0.2) is 27.4 Å². The molecule has 0 aliphatic heterocycles. The molecule has 22 heavy (non-hydrogen) atoms. The Balaban J connectivity index is 2.24. The maximum Gasteiger partial charge on any atom is 0.201 e. The number of benzene rings is 2.